The molecule has 1 aliphatic heterocycles. The molecule has 19 heavy (non-hydrogen) atoms. The molecule has 3 rings (SSSR count). The Kier molecular flexibility index (Phi) is 3.78. The van der Waals surface area contributed by atoms with E-state index in [2.05, 4.69) is 28.7 Å². The minimum atomic E-state index is 0.833. The van der Waals surface area contributed by atoms with E-state index in [-0.39, 0.29) is 0 Å². The van der Waals surface area contributed by atoms with Gasteiger partial charge in [-0.15, -0.1) is 0 Å². The number of rotatable bonds is 3. The van der Waals surface area contributed by atoms with Gasteiger partial charge >= 0.3 is 0 Å². The second-order valence-corrected chi connectivity index (χ2v) is 5.37. The molecule has 0 radical (unpaired) electrons. The molecule has 0 bridgehead atoms. The van der Waals surface area contributed by atoms with E-state index in [9.17, 15) is 0 Å². The van der Waals surface area contributed by atoms with Crippen molar-refractivity contribution in [3.05, 3.63) is 35.0 Å². The summed E-state index contributed by atoms with van der Waals surface area (Å²) in [7, 11) is 0. The van der Waals surface area contributed by atoms with Gasteiger partial charge in [-0.2, -0.15) is 0 Å². The Morgan fingerprint density at radius 2 is 2.05 bits per heavy atom. The molecule has 0 N–H and O–H groups in total. The van der Waals surface area contributed by atoms with Crippen LogP contribution in [0.2, 0.25) is 5.02 Å². The van der Waals surface area contributed by atoms with Gasteiger partial charge in [-0.05, 0) is 24.6 Å². The predicted molar refractivity (Wildman–Crippen MR) is 78.7 cm³/mol. The molecule has 0 spiro atoms. The number of morpholine rings is 1. The van der Waals surface area contributed by atoms with Crippen molar-refractivity contribution in [3.8, 4) is 0 Å². The summed E-state index contributed by atoms with van der Waals surface area (Å²) >= 11 is 6.39. The Morgan fingerprint density at radius 1 is 1.26 bits per heavy atom. The standard InChI is InChI=1S/C15H19ClN2O/c1-2-18-11-12(10-17-6-8-19-9-7-17)15-13(16)4-3-5-14(15)18/h3-5,11H,2,6-10H2,1H3. The van der Waals surface area contributed by atoms with E-state index in [0.717, 1.165) is 44.4 Å². The number of benzene rings is 1. The maximum Gasteiger partial charge on any atom is 0.0594 e. The van der Waals surface area contributed by atoms with Crippen LogP contribution < -0.4 is 0 Å². The lowest BCUT2D eigenvalue weighted by Crippen LogP contribution is -2.35. The Balaban J connectivity index is 1.98. The molecule has 1 fully saturated rings. The van der Waals surface area contributed by atoms with E-state index >= 15 is 0 Å². The Morgan fingerprint density at radius 3 is 2.79 bits per heavy atom. The van der Waals surface area contributed by atoms with Gasteiger partial charge in [-0.1, -0.05) is 17.7 Å². The monoisotopic (exact) mass is 278 g/mol. The molecule has 2 heterocycles. The highest BCUT2D eigenvalue weighted by molar-refractivity contribution is 6.35. The Labute approximate surface area is 118 Å². The molecule has 0 saturated carbocycles. The highest BCUT2D eigenvalue weighted by Crippen LogP contribution is 2.29. The molecule has 0 aliphatic carbocycles. The van der Waals surface area contributed by atoms with Gasteiger partial charge in [-0.25, -0.2) is 0 Å². The SMILES string of the molecule is CCn1cc(CN2CCOCC2)c2c(Cl)cccc21. The Bertz CT molecular complexity index is 573. The fraction of sp³-hybridized carbons (Fsp3) is 0.467. The average molecular weight is 279 g/mol. The van der Waals surface area contributed by atoms with Crippen LogP contribution in [0.3, 0.4) is 0 Å². The van der Waals surface area contributed by atoms with Crippen LogP contribution in [-0.4, -0.2) is 35.8 Å². The lowest BCUT2D eigenvalue weighted by atomic mass is 10.1. The number of nitrogens with zero attached hydrogens (tertiary/aromatic N) is 2. The molecule has 0 atom stereocenters. The van der Waals surface area contributed by atoms with E-state index in [1.165, 1.54) is 16.5 Å². The largest absolute Gasteiger partial charge is 0.379 e. The number of hydrogen-bond acceptors (Lipinski definition) is 2. The van der Waals surface area contributed by atoms with Gasteiger partial charge in [0.2, 0.25) is 0 Å². The molecule has 1 saturated heterocycles. The summed E-state index contributed by atoms with van der Waals surface area (Å²) in [4.78, 5) is 2.43. The highest BCUT2D eigenvalue weighted by atomic mass is 35.5. The van der Waals surface area contributed by atoms with Gasteiger partial charge in [0.05, 0.1) is 18.2 Å². The summed E-state index contributed by atoms with van der Waals surface area (Å²) in [6, 6.07) is 6.15. The summed E-state index contributed by atoms with van der Waals surface area (Å²) in [5, 5.41) is 2.06. The van der Waals surface area contributed by atoms with Crippen LogP contribution in [0.15, 0.2) is 24.4 Å². The third-order valence-corrected chi connectivity index (χ3v) is 4.09. The first kappa shape index (κ1) is 13.0. The predicted octanol–water partition coefficient (Wildman–Crippen LogP) is 3.15. The van der Waals surface area contributed by atoms with Crippen molar-refractivity contribution in [2.45, 2.75) is 20.0 Å². The van der Waals surface area contributed by atoms with Crippen molar-refractivity contribution in [3.63, 3.8) is 0 Å². The quantitative estimate of drug-likeness (QED) is 0.858. The maximum atomic E-state index is 6.39. The summed E-state index contributed by atoms with van der Waals surface area (Å²) in [6.07, 6.45) is 2.24. The first-order valence-electron chi connectivity index (χ1n) is 6.86. The van der Waals surface area contributed by atoms with Crippen molar-refractivity contribution in [2.24, 2.45) is 0 Å². The van der Waals surface area contributed by atoms with Gasteiger partial charge in [0.1, 0.15) is 0 Å². The van der Waals surface area contributed by atoms with Crippen LogP contribution in [0.1, 0.15) is 12.5 Å². The minimum absolute atomic E-state index is 0.833. The van der Waals surface area contributed by atoms with Crippen molar-refractivity contribution >= 4 is 22.5 Å². The minimum Gasteiger partial charge on any atom is -0.379 e. The molecule has 1 aromatic carbocycles. The van der Waals surface area contributed by atoms with Gasteiger partial charge in [0, 0.05) is 43.3 Å². The van der Waals surface area contributed by atoms with Crippen LogP contribution in [0.4, 0.5) is 0 Å². The highest BCUT2D eigenvalue weighted by Gasteiger charge is 2.16. The van der Waals surface area contributed by atoms with Gasteiger partial charge in [0.15, 0.2) is 0 Å². The van der Waals surface area contributed by atoms with E-state index in [1.807, 2.05) is 12.1 Å². The number of halogens is 1. The zero-order valence-electron chi connectivity index (χ0n) is 11.2. The molecule has 2 aromatic rings. The number of hydrogen-bond donors (Lipinski definition) is 0. The zero-order valence-corrected chi connectivity index (χ0v) is 12.0. The molecular formula is C15H19ClN2O. The fourth-order valence-corrected chi connectivity index (χ4v) is 3.06. The van der Waals surface area contributed by atoms with Crippen LogP contribution in [0, 0.1) is 0 Å². The third kappa shape index (κ3) is 2.50. The normalized spacial score (nSPS) is 17.2. The first-order chi connectivity index (χ1) is 9.29. The molecule has 0 amide bonds. The van der Waals surface area contributed by atoms with Crippen LogP contribution in [0.5, 0.6) is 0 Å². The van der Waals surface area contributed by atoms with Crippen molar-refractivity contribution in [1.82, 2.24) is 9.47 Å². The third-order valence-electron chi connectivity index (χ3n) is 3.77. The Hall–Kier alpha value is -1.03. The second-order valence-electron chi connectivity index (χ2n) is 4.96. The van der Waals surface area contributed by atoms with E-state index in [1.54, 1.807) is 0 Å². The van der Waals surface area contributed by atoms with Crippen molar-refractivity contribution < 1.29 is 4.74 Å². The lowest BCUT2D eigenvalue weighted by molar-refractivity contribution is 0.0343. The number of ether oxygens (including phenoxy) is 1. The average Bonchev–Trinajstić information content (AvgIpc) is 2.79. The van der Waals surface area contributed by atoms with Crippen LogP contribution in [-0.2, 0) is 17.8 Å². The van der Waals surface area contributed by atoms with Crippen LogP contribution in [0.25, 0.3) is 10.9 Å². The molecule has 3 nitrogen and oxygen atoms in total. The van der Waals surface area contributed by atoms with Gasteiger partial charge in [-0.3, -0.25) is 4.90 Å². The summed E-state index contributed by atoms with van der Waals surface area (Å²) in [5.74, 6) is 0. The number of fused-ring (bicyclic) bond motifs is 1. The fourth-order valence-electron chi connectivity index (χ4n) is 2.77. The smallest absolute Gasteiger partial charge is 0.0594 e. The summed E-state index contributed by atoms with van der Waals surface area (Å²) < 4.78 is 7.68. The van der Waals surface area contributed by atoms with E-state index in [4.69, 9.17) is 16.3 Å². The molecule has 1 aromatic heterocycles. The second kappa shape index (κ2) is 5.53. The lowest BCUT2D eigenvalue weighted by Gasteiger charge is -2.26. The molecule has 1 aliphatic rings. The van der Waals surface area contributed by atoms with Crippen molar-refractivity contribution in [1.29, 1.82) is 0 Å². The van der Waals surface area contributed by atoms with Crippen molar-refractivity contribution in [2.75, 3.05) is 26.3 Å². The molecular weight excluding hydrogens is 260 g/mol. The summed E-state index contributed by atoms with van der Waals surface area (Å²) in [6.45, 7) is 7.77. The van der Waals surface area contributed by atoms with Crippen LogP contribution >= 0.6 is 11.6 Å². The molecule has 0 unspecified atom stereocenters. The van der Waals surface area contributed by atoms with Gasteiger partial charge in [0.25, 0.3) is 0 Å². The molecule has 102 valence electrons. The first-order valence-corrected chi connectivity index (χ1v) is 7.23. The topological polar surface area (TPSA) is 17.4 Å². The number of aryl methyl sites for hydroxylation is 1. The maximum absolute atomic E-state index is 6.39. The zero-order chi connectivity index (χ0) is 13.2. The summed E-state index contributed by atoms with van der Waals surface area (Å²) in [5.41, 5.74) is 2.56. The van der Waals surface area contributed by atoms with E-state index < -0.39 is 0 Å². The van der Waals surface area contributed by atoms with Gasteiger partial charge < -0.3 is 9.30 Å². The number of aromatic nitrogens is 1. The molecule has 4 heteroatoms. The van der Waals surface area contributed by atoms with E-state index in [0.29, 0.717) is 0 Å².